The van der Waals surface area contributed by atoms with Crippen LogP contribution in [0.4, 0.5) is 9.59 Å². The number of nitrogens with one attached hydrogen (secondary N) is 1. The van der Waals surface area contributed by atoms with Crippen molar-refractivity contribution in [3.8, 4) is 0 Å². The van der Waals surface area contributed by atoms with E-state index in [9.17, 15) is 24.3 Å². The standard InChI is InChI=1S/C24H40N2O11/c1-22(2,3)36-20(30)25-13(18(28)32-8)10-24(19(29)33-9)11-15-17(35-24)16(14(27)12-34-15)26(7)21(31)37-23(4,5)6/h13-17,27H,10-12H2,1-9H3,(H,25,30)/t13-,14+,15+,16+,17-,24+/m0/s1. The van der Waals surface area contributed by atoms with Crippen molar-refractivity contribution in [1.82, 2.24) is 10.2 Å². The Hall–Kier alpha value is -2.64. The number of methoxy groups -OCH3 is 2. The molecular weight excluding hydrogens is 492 g/mol. The number of likely N-dealkylation sites (N-methyl/N-ethyl adjacent to an activating group) is 1. The molecule has 2 rings (SSSR count). The lowest BCUT2D eigenvalue weighted by atomic mass is 9.88. The van der Waals surface area contributed by atoms with Gasteiger partial charge in [-0.2, -0.15) is 0 Å². The van der Waals surface area contributed by atoms with E-state index in [1.54, 1.807) is 41.5 Å². The van der Waals surface area contributed by atoms with Crippen molar-refractivity contribution in [2.45, 2.75) is 102 Å². The maximum Gasteiger partial charge on any atom is 0.410 e. The minimum atomic E-state index is -1.77. The van der Waals surface area contributed by atoms with Gasteiger partial charge in [0.2, 0.25) is 0 Å². The molecule has 0 spiro atoms. The van der Waals surface area contributed by atoms with Crippen LogP contribution in [0.25, 0.3) is 0 Å². The third kappa shape index (κ3) is 7.68. The SMILES string of the molecule is COC(=O)[C@H](C[C@]1(C(=O)OC)C[C@H]2OC[C@@H](O)[C@@H](N(C)C(=O)OC(C)(C)C)[C@H]2O1)NC(=O)OC(C)(C)C. The van der Waals surface area contributed by atoms with Gasteiger partial charge in [0.25, 0.3) is 0 Å². The molecule has 2 fully saturated rings. The monoisotopic (exact) mass is 532 g/mol. The van der Waals surface area contributed by atoms with E-state index in [1.165, 1.54) is 11.9 Å². The van der Waals surface area contributed by atoms with E-state index in [4.69, 9.17) is 28.4 Å². The Bertz CT molecular complexity index is 866. The molecule has 212 valence electrons. The van der Waals surface area contributed by atoms with Crippen molar-refractivity contribution in [2.75, 3.05) is 27.9 Å². The number of hydrogen-bond acceptors (Lipinski definition) is 11. The highest BCUT2D eigenvalue weighted by atomic mass is 16.6. The van der Waals surface area contributed by atoms with Gasteiger partial charge < -0.3 is 43.7 Å². The smallest absolute Gasteiger partial charge is 0.410 e. The maximum absolute atomic E-state index is 13.1. The number of esters is 2. The van der Waals surface area contributed by atoms with Gasteiger partial charge in [0, 0.05) is 19.9 Å². The lowest BCUT2D eigenvalue weighted by Gasteiger charge is -2.41. The summed E-state index contributed by atoms with van der Waals surface area (Å²) in [6.07, 6.45) is -4.90. The number of aliphatic hydroxyl groups is 1. The number of amides is 2. The molecule has 2 N–H and O–H groups in total. The molecule has 0 radical (unpaired) electrons. The molecule has 0 aliphatic carbocycles. The number of nitrogens with zero attached hydrogens (tertiary/aromatic N) is 1. The normalized spacial score (nSPS) is 28.4. The predicted molar refractivity (Wildman–Crippen MR) is 128 cm³/mol. The molecule has 2 heterocycles. The minimum Gasteiger partial charge on any atom is -0.467 e. The largest absolute Gasteiger partial charge is 0.467 e. The first-order valence-corrected chi connectivity index (χ1v) is 12.0. The zero-order valence-electron chi connectivity index (χ0n) is 23.0. The van der Waals surface area contributed by atoms with E-state index in [-0.39, 0.29) is 19.4 Å². The van der Waals surface area contributed by atoms with Crippen LogP contribution in [-0.2, 0) is 38.0 Å². The van der Waals surface area contributed by atoms with E-state index in [0.29, 0.717) is 0 Å². The van der Waals surface area contributed by atoms with Gasteiger partial charge in [-0.3, -0.25) is 0 Å². The van der Waals surface area contributed by atoms with Crippen LogP contribution in [0, 0.1) is 0 Å². The number of alkyl carbamates (subject to hydrolysis) is 1. The van der Waals surface area contributed by atoms with Gasteiger partial charge in [0.1, 0.15) is 29.5 Å². The number of aliphatic hydroxyl groups excluding tert-OH is 1. The third-order valence-corrected chi connectivity index (χ3v) is 5.87. The molecule has 13 nitrogen and oxygen atoms in total. The van der Waals surface area contributed by atoms with E-state index in [2.05, 4.69) is 5.32 Å². The number of carbonyl (C=O) groups excluding carboxylic acids is 4. The number of rotatable bonds is 6. The van der Waals surface area contributed by atoms with Crippen LogP contribution in [0.2, 0.25) is 0 Å². The molecule has 0 aromatic carbocycles. The molecule has 0 aromatic heterocycles. The number of fused-ring (bicyclic) bond motifs is 1. The number of ether oxygens (including phenoxy) is 6. The number of carbonyl (C=O) groups is 4. The molecule has 2 saturated heterocycles. The molecule has 2 aliphatic heterocycles. The van der Waals surface area contributed by atoms with Crippen LogP contribution in [0.1, 0.15) is 54.4 Å². The van der Waals surface area contributed by atoms with Gasteiger partial charge in [-0.05, 0) is 41.5 Å². The summed E-state index contributed by atoms with van der Waals surface area (Å²) in [7, 11) is 3.74. The van der Waals surface area contributed by atoms with Crippen LogP contribution in [0.15, 0.2) is 0 Å². The summed E-state index contributed by atoms with van der Waals surface area (Å²) < 4.78 is 32.4. The summed E-state index contributed by atoms with van der Waals surface area (Å²) in [5.74, 6) is -1.66. The Morgan fingerprint density at radius 1 is 1.05 bits per heavy atom. The highest BCUT2D eigenvalue weighted by Crippen LogP contribution is 2.42. The average Bonchev–Trinajstić information content (AvgIpc) is 3.13. The van der Waals surface area contributed by atoms with Crippen molar-refractivity contribution in [1.29, 1.82) is 0 Å². The van der Waals surface area contributed by atoms with Crippen LogP contribution < -0.4 is 5.32 Å². The first-order valence-electron chi connectivity index (χ1n) is 12.0. The fraction of sp³-hybridized carbons (Fsp3) is 0.833. The van der Waals surface area contributed by atoms with E-state index in [1.807, 2.05) is 0 Å². The summed E-state index contributed by atoms with van der Waals surface area (Å²) in [4.78, 5) is 52.0. The molecule has 2 amide bonds. The topological polar surface area (TPSA) is 159 Å². The molecule has 13 heteroatoms. The lowest BCUT2D eigenvalue weighted by Crippen LogP contribution is -2.60. The second-order valence-corrected chi connectivity index (χ2v) is 11.2. The fourth-order valence-electron chi connectivity index (χ4n) is 4.39. The van der Waals surface area contributed by atoms with Crippen LogP contribution in [-0.4, -0.2) is 109 Å². The van der Waals surface area contributed by atoms with Gasteiger partial charge in [0.05, 0.1) is 33.0 Å². The summed E-state index contributed by atoms with van der Waals surface area (Å²) >= 11 is 0. The second-order valence-electron chi connectivity index (χ2n) is 11.2. The van der Waals surface area contributed by atoms with E-state index in [0.717, 1.165) is 14.2 Å². The predicted octanol–water partition coefficient (Wildman–Crippen LogP) is 1.14. The second kappa shape index (κ2) is 11.4. The van der Waals surface area contributed by atoms with Gasteiger partial charge in [-0.1, -0.05) is 0 Å². The Labute approximate surface area is 217 Å². The van der Waals surface area contributed by atoms with Gasteiger partial charge in [-0.15, -0.1) is 0 Å². The Morgan fingerprint density at radius 3 is 2.16 bits per heavy atom. The average molecular weight is 533 g/mol. The fourth-order valence-corrected chi connectivity index (χ4v) is 4.39. The van der Waals surface area contributed by atoms with E-state index >= 15 is 0 Å². The summed E-state index contributed by atoms with van der Waals surface area (Å²) in [5.41, 5.74) is -3.39. The van der Waals surface area contributed by atoms with Crippen molar-refractivity contribution in [2.24, 2.45) is 0 Å². The van der Waals surface area contributed by atoms with Crippen LogP contribution in [0.5, 0.6) is 0 Å². The van der Waals surface area contributed by atoms with Gasteiger partial charge >= 0.3 is 24.1 Å². The quantitative estimate of drug-likeness (QED) is 0.373. The van der Waals surface area contributed by atoms with Crippen LogP contribution in [0.3, 0.4) is 0 Å². The van der Waals surface area contributed by atoms with Crippen molar-refractivity contribution < 1.29 is 52.7 Å². The highest BCUT2D eigenvalue weighted by Gasteiger charge is 2.60. The first kappa shape index (κ1) is 30.6. The van der Waals surface area contributed by atoms with Gasteiger partial charge in [-0.25, -0.2) is 19.2 Å². The Morgan fingerprint density at radius 2 is 1.65 bits per heavy atom. The summed E-state index contributed by atoms with van der Waals surface area (Å²) in [5, 5.41) is 13.1. The number of hydrogen-bond donors (Lipinski definition) is 2. The molecule has 0 unspecified atom stereocenters. The zero-order valence-corrected chi connectivity index (χ0v) is 23.0. The minimum absolute atomic E-state index is 0.0702. The van der Waals surface area contributed by atoms with Gasteiger partial charge in [0.15, 0.2) is 5.60 Å². The maximum atomic E-state index is 13.1. The van der Waals surface area contributed by atoms with Crippen molar-refractivity contribution in [3.05, 3.63) is 0 Å². The summed E-state index contributed by atoms with van der Waals surface area (Å²) in [6, 6.07) is -2.28. The lowest BCUT2D eigenvalue weighted by molar-refractivity contribution is -0.185. The molecule has 0 saturated carbocycles. The molecule has 0 bridgehead atoms. The molecule has 0 aromatic rings. The molecule has 6 atom stereocenters. The first-order chi connectivity index (χ1) is 16.9. The highest BCUT2D eigenvalue weighted by molar-refractivity contribution is 5.85. The van der Waals surface area contributed by atoms with Crippen LogP contribution >= 0.6 is 0 Å². The summed E-state index contributed by atoms with van der Waals surface area (Å²) in [6.45, 7) is 9.97. The van der Waals surface area contributed by atoms with Crippen molar-refractivity contribution >= 4 is 24.1 Å². The van der Waals surface area contributed by atoms with E-state index < -0.39 is 71.3 Å². The molecule has 37 heavy (non-hydrogen) atoms. The Balaban J connectivity index is 2.36. The molecule has 2 aliphatic rings. The zero-order chi connectivity index (χ0) is 28.3. The van der Waals surface area contributed by atoms with Crippen molar-refractivity contribution in [3.63, 3.8) is 0 Å². The third-order valence-electron chi connectivity index (χ3n) is 5.87. The molecular formula is C24H40N2O11. The Kier molecular flexibility index (Phi) is 9.42.